The first kappa shape index (κ1) is 10.4. The van der Waals surface area contributed by atoms with Gasteiger partial charge in [0.15, 0.2) is 0 Å². The van der Waals surface area contributed by atoms with E-state index in [4.69, 9.17) is 21.5 Å². The van der Waals surface area contributed by atoms with Crippen LogP contribution in [-0.2, 0) is 9.47 Å². The Morgan fingerprint density at radius 2 is 2.29 bits per heavy atom. The average molecular weight is 197 g/mol. The first-order valence-corrected chi connectivity index (χ1v) is 4.87. The van der Waals surface area contributed by atoms with Crippen LogP contribution >= 0.6 is 0 Å². The van der Waals surface area contributed by atoms with E-state index in [9.17, 15) is 5.11 Å². The molecule has 0 aromatic heterocycles. The van der Waals surface area contributed by atoms with Crippen molar-refractivity contribution in [2.24, 2.45) is 0 Å². The molecule has 2 N–H and O–H groups in total. The van der Waals surface area contributed by atoms with Gasteiger partial charge in [0.2, 0.25) is 0 Å². The lowest BCUT2D eigenvalue weighted by molar-refractivity contribution is -0.0279. The van der Waals surface area contributed by atoms with Crippen molar-refractivity contribution in [1.29, 1.82) is 0 Å². The highest BCUT2D eigenvalue weighted by molar-refractivity contribution is 6.50. The van der Waals surface area contributed by atoms with Gasteiger partial charge in [0.1, 0.15) is 25.6 Å². The highest BCUT2D eigenvalue weighted by Gasteiger charge is 2.42. The van der Waals surface area contributed by atoms with Gasteiger partial charge in [-0.3, -0.25) is 0 Å². The molecule has 5 atom stereocenters. The summed E-state index contributed by atoms with van der Waals surface area (Å²) in [5, 5.41) is 18.5. The standard InChI is InChI=1S/C9H14BO4/c1-5-9(13-4-6-2-10-6)8(12)7(3-11)14-5/h1,5-9,11-12H,2-4H2/t5-,6?,7+,8-,9?/m0/s1. The monoisotopic (exact) mass is 197 g/mol. The minimum absolute atomic E-state index is 0.232. The van der Waals surface area contributed by atoms with E-state index in [2.05, 4.69) is 7.28 Å². The van der Waals surface area contributed by atoms with Crippen molar-refractivity contribution in [2.75, 3.05) is 13.2 Å². The van der Waals surface area contributed by atoms with E-state index in [1.54, 1.807) is 0 Å². The van der Waals surface area contributed by atoms with Gasteiger partial charge in [-0.2, -0.15) is 0 Å². The Morgan fingerprint density at radius 3 is 2.79 bits per heavy atom. The third-order valence-corrected chi connectivity index (χ3v) is 2.62. The Labute approximate surface area is 84.4 Å². The number of hydrogen-bond acceptors (Lipinski definition) is 4. The van der Waals surface area contributed by atoms with Gasteiger partial charge in [-0.15, -0.1) is 0 Å². The molecule has 5 heteroatoms. The highest BCUT2D eigenvalue weighted by Crippen LogP contribution is 2.30. The van der Waals surface area contributed by atoms with Crippen LogP contribution in [0.15, 0.2) is 0 Å². The third kappa shape index (κ3) is 2.11. The second-order valence-corrected chi connectivity index (χ2v) is 3.84. The van der Waals surface area contributed by atoms with Gasteiger partial charge < -0.3 is 19.7 Å². The Morgan fingerprint density at radius 1 is 1.57 bits per heavy atom. The minimum atomic E-state index is -0.825. The molecular weight excluding hydrogens is 183 g/mol. The normalized spacial score (nSPS) is 46.4. The molecule has 2 aliphatic heterocycles. The molecule has 2 unspecified atom stereocenters. The average Bonchev–Trinajstić information content (AvgIpc) is 2.93. The predicted molar refractivity (Wildman–Crippen MR) is 50.1 cm³/mol. The molecule has 0 spiro atoms. The van der Waals surface area contributed by atoms with Crippen molar-refractivity contribution in [3.05, 3.63) is 6.92 Å². The van der Waals surface area contributed by atoms with Gasteiger partial charge in [0.25, 0.3) is 0 Å². The Kier molecular flexibility index (Phi) is 3.12. The van der Waals surface area contributed by atoms with Crippen LogP contribution in [-0.4, -0.2) is 55.1 Å². The molecule has 14 heavy (non-hydrogen) atoms. The molecule has 0 amide bonds. The highest BCUT2D eigenvalue weighted by atomic mass is 16.6. The second kappa shape index (κ2) is 4.19. The molecule has 3 radical (unpaired) electrons. The van der Waals surface area contributed by atoms with Crippen molar-refractivity contribution in [1.82, 2.24) is 0 Å². The summed E-state index contributed by atoms with van der Waals surface area (Å²) < 4.78 is 10.6. The van der Waals surface area contributed by atoms with E-state index < -0.39 is 24.4 Å². The molecule has 2 fully saturated rings. The van der Waals surface area contributed by atoms with Crippen LogP contribution in [0.2, 0.25) is 12.1 Å². The maximum absolute atomic E-state index is 9.65. The molecule has 2 saturated heterocycles. The van der Waals surface area contributed by atoms with Gasteiger partial charge in [0.05, 0.1) is 12.7 Å². The topological polar surface area (TPSA) is 58.9 Å². The molecule has 4 nitrogen and oxygen atoms in total. The van der Waals surface area contributed by atoms with E-state index in [1.165, 1.54) is 0 Å². The molecule has 0 aromatic carbocycles. The number of aliphatic hydroxyl groups is 2. The molecule has 77 valence electrons. The van der Waals surface area contributed by atoms with Crippen LogP contribution in [0.4, 0.5) is 0 Å². The number of hydrogen-bond donors (Lipinski definition) is 2. The van der Waals surface area contributed by atoms with Crippen molar-refractivity contribution in [2.45, 2.75) is 36.6 Å². The van der Waals surface area contributed by atoms with Crippen molar-refractivity contribution >= 4 is 7.28 Å². The number of ether oxygens (including phenoxy) is 2. The van der Waals surface area contributed by atoms with Crippen molar-refractivity contribution in [3.63, 3.8) is 0 Å². The maximum Gasteiger partial charge on any atom is 0.115 e. The summed E-state index contributed by atoms with van der Waals surface area (Å²) in [6, 6.07) is 0. The van der Waals surface area contributed by atoms with Crippen LogP contribution in [0, 0.1) is 6.92 Å². The lowest BCUT2D eigenvalue weighted by Crippen LogP contribution is -2.36. The van der Waals surface area contributed by atoms with Gasteiger partial charge in [-0.05, 0) is 6.92 Å². The SMILES string of the molecule is [CH][C@@H]1O[C@H](CO)[C@H](O)C1OCC1[B]C1. The van der Waals surface area contributed by atoms with E-state index in [1.807, 2.05) is 0 Å². The van der Waals surface area contributed by atoms with Gasteiger partial charge >= 0.3 is 0 Å². The van der Waals surface area contributed by atoms with Gasteiger partial charge in [0, 0.05) is 6.61 Å². The smallest absolute Gasteiger partial charge is 0.115 e. The van der Waals surface area contributed by atoms with Crippen LogP contribution in [0.5, 0.6) is 0 Å². The molecule has 2 aliphatic rings. The Balaban J connectivity index is 1.82. The van der Waals surface area contributed by atoms with E-state index in [0.717, 1.165) is 6.32 Å². The summed E-state index contributed by atoms with van der Waals surface area (Å²) in [5.41, 5.74) is 0. The maximum atomic E-state index is 9.65. The van der Waals surface area contributed by atoms with Crippen LogP contribution in [0.25, 0.3) is 0 Å². The summed E-state index contributed by atoms with van der Waals surface area (Å²) in [7, 11) is 2.14. The molecule has 2 heterocycles. The quantitative estimate of drug-likeness (QED) is 0.575. The van der Waals surface area contributed by atoms with E-state index >= 15 is 0 Å². The van der Waals surface area contributed by atoms with Crippen molar-refractivity contribution < 1.29 is 19.7 Å². The third-order valence-electron chi connectivity index (χ3n) is 2.62. The fraction of sp³-hybridized carbons (Fsp3) is 0.889. The molecule has 0 bridgehead atoms. The molecule has 2 rings (SSSR count). The summed E-state index contributed by atoms with van der Waals surface area (Å²) >= 11 is 0. The van der Waals surface area contributed by atoms with E-state index in [0.29, 0.717) is 12.4 Å². The lowest BCUT2D eigenvalue weighted by atomic mass is 10.0. The molecule has 0 aromatic rings. The fourth-order valence-corrected chi connectivity index (χ4v) is 1.58. The van der Waals surface area contributed by atoms with Gasteiger partial charge in [-0.1, -0.05) is 12.1 Å². The number of aliphatic hydroxyl groups excluding tert-OH is 2. The second-order valence-electron chi connectivity index (χ2n) is 3.84. The van der Waals surface area contributed by atoms with Crippen LogP contribution in [0.1, 0.15) is 0 Å². The van der Waals surface area contributed by atoms with Gasteiger partial charge in [-0.25, -0.2) is 0 Å². The van der Waals surface area contributed by atoms with Crippen LogP contribution < -0.4 is 0 Å². The number of rotatable bonds is 4. The minimum Gasteiger partial charge on any atom is -0.394 e. The Hall–Kier alpha value is -0.0951. The molecular formula is C9H14BO4. The first-order valence-electron chi connectivity index (χ1n) is 4.87. The zero-order valence-corrected chi connectivity index (χ0v) is 7.87. The fourth-order valence-electron chi connectivity index (χ4n) is 1.58. The summed E-state index contributed by atoms with van der Waals surface area (Å²) in [4.78, 5) is 0. The predicted octanol–water partition coefficient (Wildman–Crippen LogP) is -0.872. The first-order chi connectivity index (χ1) is 6.72. The zero-order valence-electron chi connectivity index (χ0n) is 7.87. The zero-order chi connectivity index (χ0) is 10.1. The largest absolute Gasteiger partial charge is 0.394 e. The van der Waals surface area contributed by atoms with Crippen LogP contribution in [0.3, 0.4) is 0 Å². The van der Waals surface area contributed by atoms with E-state index in [-0.39, 0.29) is 6.61 Å². The summed E-state index contributed by atoms with van der Waals surface area (Å²) in [6.45, 7) is 5.96. The molecule has 0 aliphatic carbocycles. The summed E-state index contributed by atoms with van der Waals surface area (Å²) in [5.74, 6) is 0.502. The Bertz CT molecular complexity index is 197. The van der Waals surface area contributed by atoms with Crippen molar-refractivity contribution in [3.8, 4) is 0 Å². The molecule has 0 saturated carbocycles. The lowest BCUT2D eigenvalue weighted by Gasteiger charge is -2.18. The summed E-state index contributed by atoms with van der Waals surface area (Å²) in [6.07, 6.45) is -1.52.